The molecule has 0 atom stereocenters. The summed E-state index contributed by atoms with van der Waals surface area (Å²) < 4.78 is 0. The molecule has 2 aromatic rings. The maximum Gasteiger partial charge on any atom is 0.0896 e. The molecule has 0 aliphatic carbocycles. The Kier molecular flexibility index (Phi) is 5.86. The smallest absolute Gasteiger partial charge is 0.0896 e. The quantitative estimate of drug-likeness (QED) is 0.585. The molecule has 0 radical (unpaired) electrons. The highest BCUT2D eigenvalue weighted by atomic mass is 32.2. The number of hydrogen-bond donors (Lipinski definition) is 0. The molecule has 0 fully saturated rings. The zero-order valence-corrected chi connectivity index (χ0v) is 15.3. The van der Waals surface area contributed by atoms with Gasteiger partial charge in [-0.3, -0.25) is 4.99 Å². The lowest BCUT2D eigenvalue weighted by atomic mass is 10.0. The van der Waals surface area contributed by atoms with Gasteiger partial charge < -0.3 is 0 Å². The van der Waals surface area contributed by atoms with E-state index in [0.717, 1.165) is 28.6 Å². The third-order valence-corrected chi connectivity index (χ3v) is 5.00. The Morgan fingerprint density at radius 2 is 1.62 bits per heavy atom. The molecule has 0 saturated heterocycles. The van der Waals surface area contributed by atoms with Gasteiger partial charge in [-0.1, -0.05) is 56.2 Å². The second-order valence-electron chi connectivity index (χ2n) is 6.09. The van der Waals surface area contributed by atoms with Crippen LogP contribution in [0.5, 0.6) is 0 Å². The lowest BCUT2D eigenvalue weighted by Crippen LogP contribution is -2.05. The van der Waals surface area contributed by atoms with E-state index < -0.39 is 0 Å². The van der Waals surface area contributed by atoms with Crippen molar-refractivity contribution >= 4 is 33.9 Å². The summed E-state index contributed by atoms with van der Waals surface area (Å²) in [5, 5.41) is 1.12. The van der Waals surface area contributed by atoms with Crippen molar-refractivity contribution in [1.29, 1.82) is 0 Å². The number of rotatable bonds is 5. The van der Waals surface area contributed by atoms with Crippen LogP contribution in [0.3, 0.4) is 0 Å². The molecule has 3 heteroatoms. The molecule has 2 nitrogen and oxygen atoms in total. The number of aryl methyl sites for hydroxylation is 1. The van der Waals surface area contributed by atoms with Crippen LogP contribution in [0.25, 0.3) is 0 Å². The summed E-state index contributed by atoms with van der Waals surface area (Å²) in [5.74, 6) is 0. The minimum Gasteiger partial charge on any atom is -0.250 e. The second kappa shape index (κ2) is 8.29. The molecule has 0 spiro atoms. The van der Waals surface area contributed by atoms with Crippen LogP contribution in [0, 0.1) is 0 Å². The molecule has 0 saturated carbocycles. The number of unbranched alkanes of at least 4 members (excludes halogenated alkanes) is 2. The first-order valence-corrected chi connectivity index (χ1v) is 9.90. The van der Waals surface area contributed by atoms with Crippen molar-refractivity contribution in [2.45, 2.75) is 39.0 Å². The fourth-order valence-electron chi connectivity index (χ4n) is 2.88. The minimum absolute atomic E-state index is 0.797. The average molecular weight is 337 g/mol. The Bertz CT molecular complexity index is 745. The molecule has 0 N–H and O–H groups in total. The van der Waals surface area contributed by atoms with Gasteiger partial charge in [0.25, 0.3) is 0 Å². The van der Waals surface area contributed by atoms with Crippen molar-refractivity contribution in [2.75, 3.05) is 6.26 Å². The van der Waals surface area contributed by atoms with Crippen LogP contribution < -0.4 is 0 Å². The SMILES string of the molecule is CCCCCc1ccc(C2=Nc3ccccc3N=C(SC)C2)cc1. The van der Waals surface area contributed by atoms with Gasteiger partial charge in [-0.05, 0) is 42.4 Å². The van der Waals surface area contributed by atoms with Gasteiger partial charge in [-0.2, -0.15) is 0 Å². The summed E-state index contributed by atoms with van der Waals surface area (Å²) in [7, 11) is 0. The van der Waals surface area contributed by atoms with Crippen LogP contribution >= 0.6 is 11.8 Å². The first kappa shape index (κ1) is 17.0. The second-order valence-corrected chi connectivity index (χ2v) is 6.97. The minimum atomic E-state index is 0.797. The largest absolute Gasteiger partial charge is 0.250 e. The molecule has 124 valence electrons. The summed E-state index contributed by atoms with van der Waals surface area (Å²) in [5.41, 5.74) is 5.65. The molecule has 1 aliphatic rings. The van der Waals surface area contributed by atoms with Crippen LogP contribution in [0.1, 0.15) is 43.7 Å². The van der Waals surface area contributed by atoms with E-state index in [1.54, 1.807) is 11.8 Å². The maximum absolute atomic E-state index is 4.90. The molecular formula is C21H24N2S. The Morgan fingerprint density at radius 3 is 2.29 bits per heavy atom. The van der Waals surface area contributed by atoms with Crippen LogP contribution in [-0.2, 0) is 6.42 Å². The highest BCUT2D eigenvalue weighted by Crippen LogP contribution is 2.32. The van der Waals surface area contributed by atoms with Gasteiger partial charge >= 0.3 is 0 Å². The predicted octanol–water partition coefficient (Wildman–Crippen LogP) is 6.34. The molecular weight excluding hydrogens is 312 g/mol. The van der Waals surface area contributed by atoms with Crippen LogP contribution in [0.2, 0.25) is 0 Å². The zero-order valence-electron chi connectivity index (χ0n) is 14.5. The third-order valence-electron chi connectivity index (χ3n) is 4.29. The monoisotopic (exact) mass is 336 g/mol. The summed E-state index contributed by atoms with van der Waals surface area (Å²) in [6.07, 6.45) is 7.89. The van der Waals surface area contributed by atoms with Gasteiger partial charge in [0.1, 0.15) is 0 Å². The fourth-order valence-corrected chi connectivity index (χ4v) is 3.35. The molecule has 1 aliphatic heterocycles. The first-order chi connectivity index (χ1) is 11.8. The number of hydrogen-bond acceptors (Lipinski definition) is 3. The van der Waals surface area contributed by atoms with E-state index in [1.807, 2.05) is 24.3 Å². The van der Waals surface area contributed by atoms with Crippen molar-refractivity contribution in [3.05, 3.63) is 59.7 Å². The van der Waals surface area contributed by atoms with E-state index in [2.05, 4.69) is 37.4 Å². The van der Waals surface area contributed by atoms with Gasteiger partial charge in [0.2, 0.25) is 0 Å². The number of aliphatic imine (C=N–C) groups is 2. The molecule has 0 aromatic heterocycles. The molecule has 0 amide bonds. The van der Waals surface area contributed by atoms with Gasteiger partial charge in [0, 0.05) is 6.42 Å². The van der Waals surface area contributed by atoms with Gasteiger partial charge in [-0.15, -0.1) is 11.8 Å². The Hall–Kier alpha value is -1.87. The summed E-state index contributed by atoms with van der Waals surface area (Å²) in [4.78, 5) is 9.67. The van der Waals surface area contributed by atoms with Crippen LogP contribution in [-0.4, -0.2) is 17.0 Å². The zero-order chi connectivity index (χ0) is 16.8. The van der Waals surface area contributed by atoms with Gasteiger partial charge in [-0.25, -0.2) is 4.99 Å². The van der Waals surface area contributed by atoms with E-state index >= 15 is 0 Å². The topological polar surface area (TPSA) is 24.7 Å². The maximum atomic E-state index is 4.90. The van der Waals surface area contributed by atoms with E-state index in [0.29, 0.717) is 0 Å². The van der Waals surface area contributed by atoms with E-state index in [9.17, 15) is 0 Å². The van der Waals surface area contributed by atoms with E-state index in [4.69, 9.17) is 9.98 Å². The molecule has 0 unspecified atom stereocenters. The summed E-state index contributed by atoms with van der Waals surface area (Å²) in [6.45, 7) is 2.25. The summed E-state index contributed by atoms with van der Waals surface area (Å²) in [6, 6.07) is 17.1. The number of para-hydroxylation sites is 2. The molecule has 2 aromatic carbocycles. The highest BCUT2D eigenvalue weighted by molar-refractivity contribution is 8.13. The number of fused-ring (bicyclic) bond motifs is 1. The number of benzene rings is 2. The van der Waals surface area contributed by atoms with Crippen molar-refractivity contribution in [2.24, 2.45) is 9.98 Å². The van der Waals surface area contributed by atoms with Crippen molar-refractivity contribution in [3.8, 4) is 0 Å². The van der Waals surface area contributed by atoms with Gasteiger partial charge in [0.05, 0.1) is 22.1 Å². The third kappa shape index (κ3) is 4.15. The normalized spacial score (nSPS) is 13.8. The summed E-state index contributed by atoms with van der Waals surface area (Å²) >= 11 is 1.71. The fraction of sp³-hybridized carbons (Fsp3) is 0.333. The molecule has 3 rings (SSSR count). The Balaban J connectivity index is 1.86. The first-order valence-electron chi connectivity index (χ1n) is 8.67. The highest BCUT2D eigenvalue weighted by Gasteiger charge is 2.14. The van der Waals surface area contributed by atoms with E-state index in [1.165, 1.54) is 36.8 Å². The predicted molar refractivity (Wildman–Crippen MR) is 108 cm³/mol. The average Bonchev–Trinajstić information content (AvgIpc) is 2.81. The van der Waals surface area contributed by atoms with E-state index in [-0.39, 0.29) is 0 Å². The number of thioether (sulfide) groups is 1. The van der Waals surface area contributed by atoms with Crippen molar-refractivity contribution in [3.63, 3.8) is 0 Å². The van der Waals surface area contributed by atoms with Gasteiger partial charge in [0.15, 0.2) is 0 Å². The van der Waals surface area contributed by atoms with Crippen LogP contribution in [0.15, 0.2) is 58.5 Å². The lowest BCUT2D eigenvalue weighted by Gasteiger charge is -2.07. The Labute approximate surface area is 149 Å². The van der Waals surface area contributed by atoms with Crippen LogP contribution in [0.4, 0.5) is 11.4 Å². The van der Waals surface area contributed by atoms with Crippen molar-refractivity contribution in [1.82, 2.24) is 0 Å². The van der Waals surface area contributed by atoms with Crippen molar-refractivity contribution < 1.29 is 0 Å². The standard InChI is InChI=1S/C21H24N2S/c1-3-4-5-8-16-11-13-17(14-12-16)20-15-21(24-2)23-19-10-7-6-9-18(19)22-20/h6-7,9-14H,3-5,8,15H2,1-2H3. The molecule has 24 heavy (non-hydrogen) atoms. The molecule has 0 bridgehead atoms. The number of nitrogens with zero attached hydrogens (tertiary/aromatic N) is 2. The Morgan fingerprint density at radius 1 is 0.917 bits per heavy atom. The molecule has 1 heterocycles. The lowest BCUT2D eigenvalue weighted by molar-refractivity contribution is 0.717.